The summed E-state index contributed by atoms with van der Waals surface area (Å²) >= 11 is 0. The maximum atomic E-state index is 13.3. The summed E-state index contributed by atoms with van der Waals surface area (Å²) in [5.41, 5.74) is 1.26. The van der Waals surface area contributed by atoms with Crippen molar-refractivity contribution in [2.45, 2.75) is 108 Å². The Morgan fingerprint density at radius 2 is 1.60 bits per heavy atom. The molecule has 0 aliphatic heterocycles. The lowest BCUT2D eigenvalue weighted by Gasteiger charge is -2.48. The molecule has 170 valence electrons. The molecule has 2 aliphatic rings. The molecule has 2 saturated carbocycles. The number of hydrogen-bond donors (Lipinski definition) is 0. The van der Waals surface area contributed by atoms with Crippen molar-refractivity contribution < 1.29 is 22.3 Å². The highest BCUT2D eigenvalue weighted by Crippen LogP contribution is 2.52. The zero-order valence-corrected chi connectivity index (χ0v) is 18.2. The van der Waals surface area contributed by atoms with E-state index >= 15 is 0 Å². The molecule has 0 heterocycles. The molecule has 0 bridgehead atoms. The maximum absolute atomic E-state index is 13.3. The zero-order valence-electron chi connectivity index (χ0n) is 18.2. The third-order valence-electron chi connectivity index (χ3n) is 7.54. The van der Waals surface area contributed by atoms with Crippen LogP contribution in [0, 0.1) is 11.8 Å². The van der Waals surface area contributed by atoms with Crippen LogP contribution < -0.4 is 4.74 Å². The molecule has 5 heteroatoms. The van der Waals surface area contributed by atoms with Crippen LogP contribution in [0.1, 0.15) is 96.0 Å². The van der Waals surface area contributed by atoms with E-state index in [1.807, 2.05) is 12.1 Å². The Bertz CT molecular complexity index is 629. The number of alkyl halides is 4. The number of benzene rings is 1. The Morgan fingerprint density at radius 3 is 2.17 bits per heavy atom. The van der Waals surface area contributed by atoms with Crippen LogP contribution in [-0.4, -0.2) is 12.5 Å². The standard InChI is InChI=1S/C25H36F4O/c1-2-3-5-8-19-15-17-24(18-16-19,20-9-6-4-7-10-20)21-11-13-22(14-12-21)30-25(28,29)23(26)27/h11-14,19-20,23H,2-10,15-18H2,1H3. The quantitative estimate of drug-likeness (QED) is 0.283. The fourth-order valence-electron chi connectivity index (χ4n) is 5.81. The van der Waals surface area contributed by atoms with E-state index in [9.17, 15) is 17.6 Å². The van der Waals surface area contributed by atoms with E-state index in [4.69, 9.17) is 0 Å². The van der Waals surface area contributed by atoms with Gasteiger partial charge in [0.25, 0.3) is 0 Å². The van der Waals surface area contributed by atoms with Gasteiger partial charge < -0.3 is 4.74 Å². The van der Waals surface area contributed by atoms with Crippen molar-refractivity contribution in [3.05, 3.63) is 29.8 Å². The van der Waals surface area contributed by atoms with Crippen molar-refractivity contribution in [2.75, 3.05) is 0 Å². The average molecular weight is 429 g/mol. The van der Waals surface area contributed by atoms with Gasteiger partial charge in [0, 0.05) is 0 Å². The number of rotatable bonds is 9. The van der Waals surface area contributed by atoms with E-state index in [1.165, 1.54) is 88.3 Å². The van der Waals surface area contributed by atoms with Crippen LogP contribution >= 0.6 is 0 Å². The lowest BCUT2D eigenvalue weighted by Crippen LogP contribution is -2.40. The zero-order chi connectivity index (χ0) is 21.6. The molecule has 0 aromatic heterocycles. The summed E-state index contributed by atoms with van der Waals surface area (Å²) in [5.74, 6) is 1.22. The van der Waals surface area contributed by atoms with Crippen LogP contribution in [-0.2, 0) is 5.41 Å². The van der Waals surface area contributed by atoms with Gasteiger partial charge in [0.05, 0.1) is 0 Å². The molecule has 0 amide bonds. The molecule has 0 saturated heterocycles. The number of unbranched alkanes of at least 4 members (excludes halogenated alkanes) is 2. The van der Waals surface area contributed by atoms with E-state index in [0.29, 0.717) is 5.92 Å². The summed E-state index contributed by atoms with van der Waals surface area (Å²) in [5, 5.41) is 0. The third-order valence-corrected chi connectivity index (χ3v) is 7.54. The summed E-state index contributed by atoms with van der Waals surface area (Å²) in [6, 6.07) is 6.60. The smallest absolute Gasteiger partial charge is 0.428 e. The minimum absolute atomic E-state index is 0.0887. The molecule has 2 fully saturated rings. The van der Waals surface area contributed by atoms with Gasteiger partial charge in [0.15, 0.2) is 0 Å². The lowest BCUT2D eigenvalue weighted by atomic mass is 9.57. The first-order valence-corrected chi connectivity index (χ1v) is 11.8. The van der Waals surface area contributed by atoms with E-state index < -0.39 is 12.5 Å². The highest BCUT2D eigenvalue weighted by Gasteiger charge is 2.45. The topological polar surface area (TPSA) is 9.23 Å². The van der Waals surface area contributed by atoms with Crippen molar-refractivity contribution in [3.8, 4) is 5.75 Å². The molecule has 1 aromatic rings. The SMILES string of the molecule is CCCCCC1CCC(c2ccc(OC(F)(F)C(F)F)cc2)(C2CCCCC2)CC1. The van der Waals surface area contributed by atoms with E-state index in [2.05, 4.69) is 11.7 Å². The molecule has 0 N–H and O–H groups in total. The first-order chi connectivity index (χ1) is 14.4. The minimum Gasteiger partial charge on any atom is -0.428 e. The first-order valence-electron chi connectivity index (χ1n) is 11.8. The number of halogens is 4. The predicted molar refractivity (Wildman–Crippen MR) is 112 cm³/mol. The molecule has 3 rings (SSSR count). The summed E-state index contributed by atoms with van der Waals surface area (Å²) < 4.78 is 55.7. The van der Waals surface area contributed by atoms with Gasteiger partial charge in [-0.3, -0.25) is 0 Å². The van der Waals surface area contributed by atoms with Gasteiger partial charge in [0.2, 0.25) is 0 Å². The van der Waals surface area contributed by atoms with E-state index in [-0.39, 0.29) is 11.2 Å². The lowest BCUT2D eigenvalue weighted by molar-refractivity contribution is -0.253. The predicted octanol–water partition coefficient (Wildman–Crippen LogP) is 8.51. The molecule has 0 atom stereocenters. The van der Waals surface area contributed by atoms with Crippen molar-refractivity contribution in [3.63, 3.8) is 0 Å². The molecule has 0 spiro atoms. The summed E-state index contributed by atoms with van der Waals surface area (Å²) in [6.45, 7) is 2.24. The second-order valence-corrected chi connectivity index (χ2v) is 9.42. The Labute approximate surface area is 178 Å². The van der Waals surface area contributed by atoms with E-state index in [0.717, 1.165) is 18.8 Å². The van der Waals surface area contributed by atoms with Gasteiger partial charge in [0.1, 0.15) is 5.75 Å². The molecule has 2 aliphatic carbocycles. The van der Waals surface area contributed by atoms with Crippen molar-refractivity contribution in [2.24, 2.45) is 11.8 Å². The Hall–Kier alpha value is -1.26. The molecule has 1 aromatic carbocycles. The molecule has 0 radical (unpaired) electrons. The highest BCUT2D eigenvalue weighted by molar-refractivity contribution is 5.34. The molecular weight excluding hydrogens is 392 g/mol. The largest absolute Gasteiger partial charge is 0.461 e. The van der Waals surface area contributed by atoms with Crippen LogP contribution in [0.3, 0.4) is 0 Å². The highest BCUT2D eigenvalue weighted by atomic mass is 19.3. The van der Waals surface area contributed by atoms with Crippen molar-refractivity contribution >= 4 is 0 Å². The monoisotopic (exact) mass is 428 g/mol. The van der Waals surface area contributed by atoms with Gasteiger partial charge in [-0.2, -0.15) is 17.6 Å². The van der Waals surface area contributed by atoms with Crippen molar-refractivity contribution in [1.29, 1.82) is 0 Å². The van der Waals surface area contributed by atoms with Crippen LogP contribution in [0.4, 0.5) is 17.6 Å². The Kier molecular flexibility index (Phi) is 8.09. The summed E-state index contributed by atoms with van der Waals surface area (Å²) in [4.78, 5) is 0. The van der Waals surface area contributed by atoms with Crippen molar-refractivity contribution in [1.82, 2.24) is 0 Å². The third kappa shape index (κ3) is 5.50. The fraction of sp³-hybridized carbons (Fsp3) is 0.760. The van der Waals surface area contributed by atoms with Gasteiger partial charge in [-0.25, -0.2) is 0 Å². The van der Waals surface area contributed by atoms with Gasteiger partial charge in [-0.05, 0) is 73.5 Å². The Morgan fingerprint density at radius 1 is 0.967 bits per heavy atom. The molecule has 1 nitrogen and oxygen atoms in total. The van der Waals surface area contributed by atoms with Crippen LogP contribution in [0.2, 0.25) is 0 Å². The molecular formula is C25H36F4O. The number of ether oxygens (including phenoxy) is 1. The molecule has 30 heavy (non-hydrogen) atoms. The fourth-order valence-corrected chi connectivity index (χ4v) is 5.81. The second-order valence-electron chi connectivity index (χ2n) is 9.42. The van der Waals surface area contributed by atoms with Gasteiger partial charge >= 0.3 is 12.5 Å². The summed E-state index contributed by atoms with van der Waals surface area (Å²) in [7, 11) is 0. The van der Waals surface area contributed by atoms with Crippen LogP contribution in [0.5, 0.6) is 5.75 Å². The maximum Gasteiger partial charge on any atom is 0.461 e. The molecule has 0 unspecified atom stereocenters. The summed E-state index contributed by atoms with van der Waals surface area (Å²) in [6.07, 6.45) is 7.86. The normalized spacial score (nSPS) is 26.1. The van der Waals surface area contributed by atoms with Gasteiger partial charge in [-0.15, -0.1) is 0 Å². The van der Waals surface area contributed by atoms with Gasteiger partial charge in [-0.1, -0.05) is 64.0 Å². The number of hydrogen-bond acceptors (Lipinski definition) is 1. The minimum atomic E-state index is -4.46. The van der Waals surface area contributed by atoms with Crippen LogP contribution in [0.25, 0.3) is 0 Å². The Balaban J connectivity index is 1.75. The van der Waals surface area contributed by atoms with Crippen LogP contribution in [0.15, 0.2) is 24.3 Å². The average Bonchev–Trinajstić information content (AvgIpc) is 2.75. The first kappa shape index (κ1) is 23.4. The second kappa shape index (κ2) is 10.4. The van der Waals surface area contributed by atoms with E-state index in [1.54, 1.807) is 0 Å².